The molecule has 0 aliphatic carbocycles. The van der Waals surface area contributed by atoms with E-state index in [2.05, 4.69) is 0 Å². The van der Waals surface area contributed by atoms with E-state index in [0.29, 0.717) is 10.0 Å². The summed E-state index contributed by atoms with van der Waals surface area (Å²) in [7, 11) is 0. The average molecular weight is 320 g/mol. The number of hydrogen-bond acceptors (Lipinski definition) is 2. The first kappa shape index (κ1) is 15.3. The lowest BCUT2D eigenvalue weighted by Crippen LogP contribution is -1.86. The number of halogens is 2. The fourth-order valence-electron chi connectivity index (χ4n) is 1.67. The van der Waals surface area contributed by atoms with Crippen molar-refractivity contribution in [1.29, 1.82) is 0 Å². The van der Waals surface area contributed by atoms with Crippen LogP contribution < -0.4 is 0 Å². The Morgan fingerprint density at radius 2 is 1.62 bits per heavy atom. The van der Waals surface area contributed by atoms with Gasteiger partial charge in [-0.1, -0.05) is 53.6 Å². The van der Waals surface area contributed by atoms with Crippen molar-refractivity contribution in [2.45, 2.75) is 0 Å². The van der Waals surface area contributed by atoms with Crippen molar-refractivity contribution in [3.05, 3.63) is 85.9 Å². The molecule has 0 heterocycles. The van der Waals surface area contributed by atoms with E-state index < -0.39 is 4.92 Å². The minimum Gasteiger partial charge on any atom is -0.258 e. The highest BCUT2D eigenvalue weighted by molar-refractivity contribution is 6.35. The van der Waals surface area contributed by atoms with Crippen LogP contribution in [0.15, 0.2) is 54.6 Å². The Morgan fingerprint density at radius 3 is 2.24 bits per heavy atom. The van der Waals surface area contributed by atoms with Crippen molar-refractivity contribution in [2.24, 2.45) is 0 Å². The van der Waals surface area contributed by atoms with Crippen molar-refractivity contribution in [2.75, 3.05) is 0 Å². The van der Waals surface area contributed by atoms with Crippen molar-refractivity contribution in [3.8, 4) is 0 Å². The smallest absolute Gasteiger partial charge is 0.258 e. The van der Waals surface area contributed by atoms with Gasteiger partial charge in [0.1, 0.15) is 0 Å². The van der Waals surface area contributed by atoms with Crippen LogP contribution >= 0.6 is 23.2 Å². The number of rotatable bonds is 4. The number of hydrogen-bond donors (Lipinski definition) is 0. The summed E-state index contributed by atoms with van der Waals surface area (Å²) in [5.41, 5.74) is 1.83. The van der Waals surface area contributed by atoms with Crippen LogP contribution in [0.1, 0.15) is 11.1 Å². The van der Waals surface area contributed by atoms with E-state index in [-0.39, 0.29) is 5.69 Å². The van der Waals surface area contributed by atoms with Gasteiger partial charge in [0.15, 0.2) is 0 Å². The molecule has 106 valence electrons. The van der Waals surface area contributed by atoms with Gasteiger partial charge >= 0.3 is 0 Å². The molecule has 0 bridgehead atoms. The predicted molar refractivity (Wildman–Crippen MR) is 87.6 cm³/mol. The molecule has 0 amide bonds. The van der Waals surface area contributed by atoms with Crippen LogP contribution in [0.4, 0.5) is 5.69 Å². The molecular weight excluding hydrogens is 309 g/mol. The van der Waals surface area contributed by atoms with E-state index in [1.54, 1.807) is 24.3 Å². The lowest BCUT2D eigenvalue weighted by atomic mass is 10.1. The number of non-ortho nitro benzene ring substituents is 1. The zero-order chi connectivity index (χ0) is 15.2. The first-order chi connectivity index (χ1) is 10.1. The van der Waals surface area contributed by atoms with E-state index in [1.807, 2.05) is 30.4 Å². The molecule has 5 heteroatoms. The predicted octanol–water partition coefficient (Wildman–Crippen LogP) is 5.63. The van der Waals surface area contributed by atoms with Gasteiger partial charge in [0, 0.05) is 22.2 Å². The Hall–Kier alpha value is -2.10. The van der Waals surface area contributed by atoms with Crippen LogP contribution in [-0.4, -0.2) is 4.92 Å². The van der Waals surface area contributed by atoms with Crippen LogP contribution in [0, 0.1) is 10.1 Å². The Labute approximate surface area is 132 Å². The highest BCUT2D eigenvalue weighted by Crippen LogP contribution is 2.22. The van der Waals surface area contributed by atoms with Crippen LogP contribution in [0.5, 0.6) is 0 Å². The molecular formula is C16H11Cl2NO2. The molecule has 21 heavy (non-hydrogen) atoms. The van der Waals surface area contributed by atoms with Gasteiger partial charge < -0.3 is 0 Å². The molecule has 0 N–H and O–H groups in total. The van der Waals surface area contributed by atoms with Crippen molar-refractivity contribution >= 4 is 41.0 Å². The second-order valence-corrected chi connectivity index (χ2v) is 5.08. The Morgan fingerprint density at radius 1 is 0.952 bits per heavy atom. The molecule has 0 aliphatic rings. The molecule has 3 nitrogen and oxygen atoms in total. The molecule has 0 spiro atoms. The van der Waals surface area contributed by atoms with Crippen molar-refractivity contribution in [1.82, 2.24) is 0 Å². The Balaban J connectivity index is 2.04. The number of nitrogens with zero attached hydrogens (tertiary/aromatic N) is 1. The molecule has 0 unspecified atom stereocenters. The number of benzene rings is 2. The third-order valence-corrected chi connectivity index (χ3v) is 3.30. The molecule has 0 aliphatic heterocycles. The van der Waals surface area contributed by atoms with Crippen LogP contribution in [0.25, 0.3) is 12.2 Å². The number of nitro benzene ring substituents is 1. The maximum Gasteiger partial charge on any atom is 0.269 e. The maximum atomic E-state index is 10.5. The van der Waals surface area contributed by atoms with Gasteiger partial charge in [0.05, 0.1) is 4.92 Å². The molecule has 2 rings (SSSR count). The fourth-order valence-corrected chi connectivity index (χ4v) is 2.14. The largest absolute Gasteiger partial charge is 0.269 e. The zero-order valence-electron chi connectivity index (χ0n) is 10.9. The van der Waals surface area contributed by atoms with Gasteiger partial charge in [-0.25, -0.2) is 0 Å². The summed E-state index contributed by atoms with van der Waals surface area (Å²) in [6.45, 7) is 0. The van der Waals surface area contributed by atoms with Gasteiger partial charge in [0.25, 0.3) is 5.69 Å². The normalized spacial score (nSPS) is 11.3. The van der Waals surface area contributed by atoms with Gasteiger partial charge in [0.2, 0.25) is 0 Å². The fraction of sp³-hybridized carbons (Fsp3) is 0. The zero-order valence-corrected chi connectivity index (χ0v) is 12.4. The molecule has 2 aromatic carbocycles. The highest BCUT2D eigenvalue weighted by atomic mass is 35.5. The molecule has 2 aromatic rings. The summed E-state index contributed by atoms with van der Waals surface area (Å²) in [6, 6.07) is 11.6. The average Bonchev–Trinajstić information content (AvgIpc) is 2.46. The monoisotopic (exact) mass is 319 g/mol. The van der Waals surface area contributed by atoms with Gasteiger partial charge in [-0.05, 0) is 35.4 Å². The first-order valence-corrected chi connectivity index (χ1v) is 6.86. The molecule has 0 saturated heterocycles. The molecule has 0 aromatic heterocycles. The summed E-state index contributed by atoms with van der Waals surface area (Å²) in [5.74, 6) is 0. The van der Waals surface area contributed by atoms with E-state index in [1.165, 1.54) is 12.1 Å². The van der Waals surface area contributed by atoms with Crippen molar-refractivity contribution in [3.63, 3.8) is 0 Å². The van der Waals surface area contributed by atoms with Gasteiger partial charge in [-0.3, -0.25) is 10.1 Å². The molecule has 0 fully saturated rings. The Bertz CT molecular complexity index is 707. The van der Waals surface area contributed by atoms with E-state index in [9.17, 15) is 10.1 Å². The summed E-state index contributed by atoms with van der Waals surface area (Å²) in [6.07, 6.45) is 7.40. The second kappa shape index (κ2) is 7.07. The highest BCUT2D eigenvalue weighted by Gasteiger charge is 2.01. The lowest BCUT2D eigenvalue weighted by Gasteiger charge is -1.97. The van der Waals surface area contributed by atoms with E-state index in [0.717, 1.165) is 11.1 Å². The van der Waals surface area contributed by atoms with Gasteiger partial charge in [-0.2, -0.15) is 0 Å². The second-order valence-electron chi connectivity index (χ2n) is 4.23. The SMILES string of the molecule is O=[N+]([O-])c1ccc(C=CC=Cc2ccc(Cl)cc2Cl)cc1. The van der Waals surface area contributed by atoms with Crippen molar-refractivity contribution < 1.29 is 4.92 Å². The van der Waals surface area contributed by atoms with Crippen LogP contribution in [0.3, 0.4) is 0 Å². The van der Waals surface area contributed by atoms with E-state index >= 15 is 0 Å². The molecule has 0 saturated carbocycles. The quantitative estimate of drug-likeness (QED) is 0.416. The maximum absolute atomic E-state index is 10.5. The topological polar surface area (TPSA) is 43.1 Å². The molecule has 0 radical (unpaired) electrons. The first-order valence-electron chi connectivity index (χ1n) is 6.10. The summed E-state index contributed by atoms with van der Waals surface area (Å²) < 4.78 is 0. The van der Waals surface area contributed by atoms with Crippen LogP contribution in [-0.2, 0) is 0 Å². The third kappa shape index (κ3) is 4.45. The standard InChI is InChI=1S/C16H11Cl2NO2/c17-14-8-7-13(16(18)11-14)4-2-1-3-12-5-9-15(10-6-12)19(20)21/h1-11H. The molecule has 0 atom stereocenters. The minimum atomic E-state index is -0.421. The summed E-state index contributed by atoms with van der Waals surface area (Å²) >= 11 is 11.9. The van der Waals surface area contributed by atoms with Gasteiger partial charge in [-0.15, -0.1) is 0 Å². The minimum absolute atomic E-state index is 0.0793. The third-order valence-electron chi connectivity index (χ3n) is 2.74. The van der Waals surface area contributed by atoms with Crippen LogP contribution in [0.2, 0.25) is 10.0 Å². The summed E-state index contributed by atoms with van der Waals surface area (Å²) in [5, 5.41) is 11.7. The number of nitro groups is 1. The summed E-state index contributed by atoms with van der Waals surface area (Å²) in [4.78, 5) is 10.1. The lowest BCUT2D eigenvalue weighted by molar-refractivity contribution is -0.384. The van der Waals surface area contributed by atoms with E-state index in [4.69, 9.17) is 23.2 Å². The number of allylic oxidation sites excluding steroid dienone is 2. The Kier molecular flexibility index (Phi) is 5.14.